The normalized spacial score (nSPS) is 14.6. The van der Waals surface area contributed by atoms with E-state index in [1.54, 1.807) is 0 Å². The van der Waals surface area contributed by atoms with Crippen LogP contribution in [0.4, 0.5) is 5.69 Å². The highest BCUT2D eigenvalue weighted by atomic mass is 16.3. The van der Waals surface area contributed by atoms with Crippen molar-refractivity contribution in [1.29, 1.82) is 0 Å². The topological polar surface area (TPSA) is 87.5 Å². The molecule has 0 bridgehead atoms. The van der Waals surface area contributed by atoms with E-state index in [-0.39, 0.29) is 18.8 Å². The van der Waals surface area contributed by atoms with Crippen LogP contribution >= 0.6 is 0 Å². The Kier molecular flexibility index (Phi) is 4.35. The molecule has 0 aliphatic carbocycles. The Morgan fingerprint density at radius 1 is 1.25 bits per heavy atom. The van der Waals surface area contributed by atoms with E-state index in [1.807, 2.05) is 25.1 Å². The molecule has 0 saturated carbocycles. The summed E-state index contributed by atoms with van der Waals surface area (Å²) >= 11 is 0. The molecule has 0 atom stereocenters. The van der Waals surface area contributed by atoms with Crippen LogP contribution in [0.15, 0.2) is 30.0 Å². The molecule has 2 aromatic rings. The van der Waals surface area contributed by atoms with Crippen molar-refractivity contribution in [2.75, 3.05) is 18.5 Å². The zero-order valence-corrected chi connectivity index (χ0v) is 13.7. The number of hydrogen-bond donors (Lipinski definition) is 2. The quantitative estimate of drug-likeness (QED) is 0.783. The average molecular weight is 328 g/mol. The van der Waals surface area contributed by atoms with E-state index in [0.29, 0.717) is 5.69 Å². The number of hydrogen-bond acceptors (Lipinski definition) is 5. The third kappa shape index (κ3) is 2.78. The summed E-state index contributed by atoms with van der Waals surface area (Å²) in [4.78, 5) is 29.5. The van der Waals surface area contributed by atoms with Crippen molar-refractivity contribution in [3.05, 3.63) is 35.8 Å². The summed E-state index contributed by atoms with van der Waals surface area (Å²) in [7, 11) is 0. The van der Waals surface area contributed by atoms with Gasteiger partial charge in [-0.15, -0.1) is 0 Å². The van der Waals surface area contributed by atoms with Crippen molar-refractivity contribution < 1.29 is 14.7 Å². The predicted octanol–water partition coefficient (Wildman–Crippen LogP) is 1.41. The van der Waals surface area contributed by atoms with Crippen LogP contribution in [0.25, 0.3) is 11.0 Å². The molecule has 0 saturated heterocycles. The maximum absolute atomic E-state index is 12.2. The minimum Gasteiger partial charge on any atom is -0.395 e. The molecule has 0 radical (unpaired) electrons. The number of fused-ring (bicyclic) bond motifs is 1. The zero-order chi connectivity index (χ0) is 17.3. The number of imide groups is 1. The lowest BCUT2D eigenvalue weighted by Gasteiger charge is -2.13. The SMILES string of the molecule is CCCn1c(C)nc2cc(NC3=CC(=O)N(CCO)C3=O)ccc21. The molecule has 1 aliphatic rings. The smallest absolute Gasteiger partial charge is 0.277 e. The number of carbonyl (C=O) groups excluding carboxylic acids is 2. The number of anilines is 1. The van der Waals surface area contributed by atoms with Gasteiger partial charge in [-0.05, 0) is 31.5 Å². The fraction of sp³-hybridized carbons (Fsp3) is 0.353. The number of carbonyl (C=O) groups is 2. The van der Waals surface area contributed by atoms with Gasteiger partial charge in [0.25, 0.3) is 11.8 Å². The molecule has 0 spiro atoms. The maximum atomic E-state index is 12.2. The fourth-order valence-electron chi connectivity index (χ4n) is 2.90. The molecule has 2 heterocycles. The molecule has 0 unspecified atom stereocenters. The number of aliphatic hydroxyl groups excluding tert-OH is 1. The van der Waals surface area contributed by atoms with Crippen molar-refractivity contribution in [1.82, 2.24) is 14.5 Å². The molecule has 1 aromatic carbocycles. The lowest BCUT2D eigenvalue weighted by atomic mass is 10.2. The van der Waals surface area contributed by atoms with Gasteiger partial charge in [0.15, 0.2) is 0 Å². The van der Waals surface area contributed by atoms with E-state index in [9.17, 15) is 9.59 Å². The molecule has 7 heteroatoms. The first kappa shape index (κ1) is 16.2. The molecule has 2 N–H and O–H groups in total. The van der Waals surface area contributed by atoms with Gasteiger partial charge in [0, 0.05) is 18.3 Å². The van der Waals surface area contributed by atoms with Gasteiger partial charge in [0.2, 0.25) is 0 Å². The molecule has 3 rings (SSSR count). The van der Waals surface area contributed by atoms with Crippen LogP contribution in [-0.2, 0) is 16.1 Å². The summed E-state index contributed by atoms with van der Waals surface area (Å²) in [6.45, 7) is 4.74. The van der Waals surface area contributed by atoms with Crippen molar-refractivity contribution in [3.63, 3.8) is 0 Å². The number of aliphatic hydroxyl groups is 1. The van der Waals surface area contributed by atoms with E-state index in [1.165, 1.54) is 6.08 Å². The minimum atomic E-state index is -0.429. The summed E-state index contributed by atoms with van der Waals surface area (Å²) in [5.41, 5.74) is 2.79. The molecular formula is C17H20N4O3. The second kappa shape index (κ2) is 6.45. The minimum absolute atomic E-state index is 0.000992. The number of benzene rings is 1. The molecule has 24 heavy (non-hydrogen) atoms. The zero-order valence-electron chi connectivity index (χ0n) is 13.7. The number of nitrogens with one attached hydrogen (secondary N) is 1. The van der Waals surface area contributed by atoms with Crippen LogP contribution in [-0.4, -0.2) is 44.5 Å². The molecule has 2 amide bonds. The van der Waals surface area contributed by atoms with E-state index in [2.05, 4.69) is 21.8 Å². The van der Waals surface area contributed by atoms with E-state index < -0.39 is 11.8 Å². The summed E-state index contributed by atoms with van der Waals surface area (Å²) < 4.78 is 2.16. The van der Waals surface area contributed by atoms with Crippen molar-refractivity contribution in [2.45, 2.75) is 26.8 Å². The van der Waals surface area contributed by atoms with Crippen molar-refractivity contribution in [2.24, 2.45) is 0 Å². The standard InChI is InChI=1S/C17H20N4O3/c1-3-6-20-11(2)18-13-9-12(4-5-15(13)20)19-14-10-16(23)21(7-8-22)17(14)24/h4-5,9-10,19,22H,3,6-8H2,1-2H3. The first-order valence-corrected chi connectivity index (χ1v) is 7.97. The second-order valence-corrected chi connectivity index (χ2v) is 5.72. The van der Waals surface area contributed by atoms with Crippen LogP contribution < -0.4 is 5.32 Å². The van der Waals surface area contributed by atoms with Crippen LogP contribution in [0.1, 0.15) is 19.2 Å². The monoisotopic (exact) mass is 328 g/mol. The number of imidazole rings is 1. The lowest BCUT2D eigenvalue weighted by molar-refractivity contribution is -0.137. The van der Waals surface area contributed by atoms with Crippen molar-refractivity contribution >= 4 is 28.5 Å². The molecule has 0 fully saturated rings. The summed E-state index contributed by atoms with van der Waals surface area (Å²) in [6.07, 6.45) is 2.28. The van der Waals surface area contributed by atoms with Gasteiger partial charge in [-0.2, -0.15) is 0 Å². The Bertz CT molecular complexity index is 838. The van der Waals surface area contributed by atoms with Gasteiger partial charge in [-0.25, -0.2) is 4.98 Å². The number of nitrogens with zero attached hydrogens (tertiary/aromatic N) is 3. The Morgan fingerprint density at radius 2 is 2.04 bits per heavy atom. The molecule has 1 aromatic heterocycles. The van der Waals surface area contributed by atoms with E-state index >= 15 is 0 Å². The highest BCUT2D eigenvalue weighted by Gasteiger charge is 2.30. The number of aryl methyl sites for hydroxylation is 2. The fourth-order valence-corrected chi connectivity index (χ4v) is 2.90. The Labute approximate surface area is 139 Å². The van der Waals surface area contributed by atoms with Gasteiger partial charge >= 0.3 is 0 Å². The lowest BCUT2D eigenvalue weighted by Crippen LogP contribution is -2.34. The number of aromatic nitrogens is 2. The summed E-state index contributed by atoms with van der Waals surface area (Å²) in [5, 5.41) is 11.9. The van der Waals surface area contributed by atoms with E-state index in [0.717, 1.165) is 34.7 Å². The summed E-state index contributed by atoms with van der Waals surface area (Å²) in [5.74, 6) is 0.104. The first-order chi connectivity index (χ1) is 11.5. The van der Waals surface area contributed by atoms with E-state index in [4.69, 9.17) is 5.11 Å². The summed E-state index contributed by atoms with van der Waals surface area (Å²) in [6, 6.07) is 5.69. The maximum Gasteiger partial charge on any atom is 0.277 e. The number of β-amino-alcohol motifs (C(OH)–C–C–N with tert-alkyl or cyclic N) is 1. The van der Waals surface area contributed by atoms with Crippen molar-refractivity contribution in [3.8, 4) is 0 Å². The number of amides is 2. The van der Waals surface area contributed by atoms with Gasteiger partial charge in [0.05, 0.1) is 24.2 Å². The third-order valence-corrected chi connectivity index (χ3v) is 4.00. The van der Waals surface area contributed by atoms with Crippen LogP contribution in [0, 0.1) is 6.92 Å². The Morgan fingerprint density at radius 3 is 2.75 bits per heavy atom. The Hall–Kier alpha value is -2.67. The van der Waals surface area contributed by atoms with Gasteiger partial charge in [-0.3, -0.25) is 14.5 Å². The van der Waals surface area contributed by atoms with Gasteiger partial charge < -0.3 is 15.0 Å². The van der Waals surface area contributed by atoms with Crippen LogP contribution in [0.5, 0.6) is 0 Å². The van der Waals surface area contributed by atoms with Gasteiger partial charge in [0.1, 0.15) is 11.5 Å². The first-order valence-electron chi connectivity index (χ1n) is 7.97. The average Bonchev–Trinajstić information content (AvgIpc) is 2.99. The largest absolute Gasteiger partial charge is 0.395 e. The predicted molar refractivity (Wildman–Crippen MR) is 90.3 cm³/mol. The number of rotatable bonds is 6. The highest BCUT2D eigenvalue weighted by Crippen LogP contribution is 2.23. The second-order valence-electron chi connectivity index (χ2n) is 5.72. The molecule has 1 aliphatic heterocycles. The van der Waals surface area contributed by atoms with Crippen LogP contribution in [0.3, 0.4) is 0 Å². The highest BCUT2D eigenvalue weighted by molar-refractivity contribution is 6.17. The van der Waals surface area contributed by atoms with Gasteiger partial charge in [-0.1, -0.05) is 6.92 Å². The Balaban J connectivity index is 1.85. The molecular weight excluding hydrogens is 308 g/mol. The van der Waals surface area contributed by atoms with Crippen LogP contribution in [0.2, 0.25) is 0 Å². The molecule has 126 valence electrons. The molecule has 7 nitrogen and oxygen atoms in total. The third-order valence-electron chi connectivity index (χ3n) is 4.00.